The monoisotopic (exact) mass is 378 g/mol. The van der Waals surface area contributed by atoms with Crippen molar-refractivity contribution in [1.29, 1.82) is 0 Å². The molecule has 0 atom stereocenters. The number of aromatic nitrogens is 2. The Kier molecular flexibility index (Phi) is 4.05. The first-order valence-electron chi connectivity index (χ1n) is 9.09. The first kappa shape index (κ1) is 16.6. The molecule has 2 heterocycles. The summed E-state index contributed by atoms with van der Waals surface area (Å²) in [4.78, 5) is 5.85. The lowest BCUT2D eigenvalue weighted by Gasteiger charge is -2.09. The van der Waals surface area contributed by atoms with Gasteiger partial charge in [0.2, 0.25) is 0 Å². The molecular weight excluding hydrogens is 359 g/mol. The van der Waals surface area contributed by atoms with E-state index >= 15 is 0 Å². The zero-order chi connectivity index (χ0) is 18.4. The number of halogens is 1. The van der Waals surface area contributed by atoms with Crippen LogP contribution in [-0.4, -0.2) is 21.9 Å². The number of hydrogen-bond donors (Lipinski definition) is 0. The van der Waals surface area contributed by atoms with Crippen molar-refractivity contribution in [3.63, 3.8) is 0 Å². The van der Waals surface area contributed by atoms with Gasteiger partial charge in [0.25, 0.3) is 0 Å². The highest BCUT2D eigenvalue weighted by Gasteiger charge is 2.22. The largest absolute Gasteiger partial charge is 0.494 e. The van der Waals surface area contributed by atoms with Crippen molar-refractivity contribution in [2.24, 2.45) is 0 Å². The van der Waals surface area contributed by atoms with Crippen molar-refractivity contribution in [2.75, 3.05) is 7.11 Å². The zero-order valence-electron chi connectivity index (χ0n) is 15.0. The van der Waals surface area contributed by atoms with Gasteiger partial charge in [-0.25, -0.2) is 4.39 Å². The van der Waals surface area contributed by atoms with Crippen LogP contribution in [0.1, 0.15) is 18.4 Å². The number of fused-ring (bicyclic) bond motifs is 3. The molecule has 4 aromatic rings. The van der Waals surface area contributed by atoms with Crippen LogP contribution in [0, 0.1) is 5.82 Å². The van der Waals surface area contributed by atoms with Gasteiger partial charge in [-0.05, 0) is 48.7 Å². The van der Waals surface area contributed by atoms with E-state index in [0.717, 1.165) is 27.2 Å². The van der Waals surface area contributed by atoms with E-state index in [1.165, 1.54) is 30.4 Å². The predicted octanol–water partition coefficient (Wildman–Crippen LogP) is 5.64. The molecule has 0 aliphatic heterocycles. The number of ether oxygens (including phenoxy) is 1. The average Bonchev–Trinajstić information content (AvgIpc) is 3.46. The number of nitrogens with zero attached hydrogens (tertiary/aromatic N) is 2. The number of thioether (sulfide) groups is 1. The lowest BCUT2D eigenvalue weighted by atomic mass is 10.2. The fourth-order valence-corrected chi connectivity index (χ4v) is 4.52. The molecule has 27 heavy (non-hydrogen) atoms. The molecule has 0 amide bonds. The van der Waals surface area contributed by atoms with E-state index < -0.39 is 0 Å². The van der Waals surface area contributed by atoms with Crippen molar-refractivity contribution in [1.82, 2.24) is 9.55 Å². The summed E-state index contributed by atoms with van der Waals surface area (Å²) in [5.41, 5.74) is 3.88. The van der Waals surface area contributed by atoms with Gasteiger partial charge in [-0.2, -0.15) is 0 Å². The summed E-state index contributed by atoms with van der Waals surface area (Å²) in [5.74, 6) is -0.112. The number of hydrogen-bond acceptors (Lipinski definition) is 3. The van der Waals surface area contributed by atoms with Gasteiger partial charge in [0.05, 0.1) is 23.7 Å². The minimum absolute atomic E-state index is 0.244. The zero-order valence-corrected chi connectivity index (χ0v) is 15.8. The Bertz CT molecular complexity index is 1130. The van der Waals surface area contributed by atoms with Crippen LogP contribution in [0.15, 0.2) is 59.6 Å². The third-order valence-electron chi connectivity index (χ3n) is 4.98. The van der Waals surface area contributed by atoms with Gasteiger partial charge in [-0.1, -0.05) is 12.1 Å². The molecule has 3 nitrogen and oxygen atoms in total. The standard InChI is InChI=1S/C22H19FN2OS/c1-26-21-11-17-20(12-18(21)23)25(19-3-2-10-24-22(17)19)13-14-4-6-15(7-5-14)27-16-8-9-16/h2-7,10-12,16H,8-9,13H2,1H3. The van der Waals surface area contributed by atoms with E-state index in [1.54, 1.807) is 18.3 Å². The SMILES string of the molecule is COc1cc2c3ncccc3n(Cc3ccc(SC4CC4)cc3)c2cc1F. The van der Waals surface area contributed by atoms with Crippen LogP contribution in [0.4, 0.5) is 4.39 Å². The summed E-state index contributed by atoms with van der Waals surface area (Å²) in [6, 6.07) is 15.9. The number of rotatable bonds is 5. The number of methoxy groups -OCH3 is 1. The topological polar surface area (TPSA) is 27.1 Å². The molecule has 136 valence electrons. The summed E-state index contributed by atoms with van der Waals surface area (Å²) < 4.78 is 21.7. The molecule has 5 heteroatoms. The Morgan fingerprint density at radius 3 is 2.70 bits per heavy atom. The third kappa shape index (κ3) is 3.06. The lowest BCUT2D eigenvalue weighted by molar-refractivity contribution is 0.387. The van der Waals surface area contributed by atoms with Gasteiger partial charge >= 0.3 is 0 Å². The highest BCUT2D eigenvalue weighted by atomic mass is 32.2. The summed E-state index contributed by atoms with van der Waals surface area (Å²) in [6.07, 6.45) is 4.43. The third-order valence-corrected chi connectivity index (χ3v) is 6.33. The van der Waals surface area contributed by atoms with E-state index in [2.05, 4.69) is 33.8 Å². The fraction of sp³-hybridized carbons (Fsp3) is 0.227. The van der Waals surface area contributed by atoms with Crippen LogP contribution in [-0.2, 0) is 6.54 Å². The van der Waals surface area contributed by atoms with Gasteiger partial charge in [0.15, 0.2) is 11.6 Å². The molecule has 1 aliphatic carbocycles. The molecule has 1 fully saturated rings. The first-order chi connectivity index (χ1) is 13.2. The van der Waals surface area contributed by atoms with Crippen molar-refractivity contribution < 1.29 is 9.13 Å². The second-order valence-electron chi connectivity index (χ2n) is 6.92. The predicted molar refractivity (Wildman–Crippen MR) is 108 cm³/mol. The van der Waals surface area contributed by atoms with Crippen LogP contribution in [0.2, 0.25) is 0 Å². The van der Waals surface area contributed by atoms with Gasteiger partial charge < -0.3 is 9.30 Å². The van der Waals surface area contributed by atoms with Crippen LogP contribution < -0.4 is 4.74 Å². The highest BCUT2D eigenvalue weighted by molar-refractivity contribution is 8.00. The normalized spacial score (nSPS) is 14.1. The van der Waals surface area contributed by atoms with E-state index in [9.17, 15) is 4.39 Å². The van der Waals surface area contributed by atoms with Crippen molar-refractivity contribution in [3.8, 4) is 5.75 Å². The van der Waals surface area contributed by atoms with Gasteiger partial charge in [-0.15, -0.1) is 11.8 Å². The number of benzene rings is 2. The van der Waals surface area contributed by atoms with Crippen molar-refractivity contribution in [2.45, 2.75) is 29.5 Å². The summed E-state index contributed by atoms with van der Waals surface area (Å²) in [6.45, 7) is 0.672. The minimum Gasteiger partial charge on any atom is -0.494 e. The van der Waals surface area contributed by atoms with Crippen LogP contribution >= 0.6 is 11.8 Å². The Morgan fingerprint density at radius 1 is 1.15 bits per heavy atom. The second-order valence-corrected chi connectivity index (χ2v) is 8.30. The minimum atomic E-state index is -0.356. The molecule has 0 radical (unpaired) electrons. The highest BCUT2D eigenvalue weighted by Crippen LogP contribution is 2.39. The van der Waals surface area contributed by atoms with Crippen LogP contribution in [0.5, 0.6) is 5.75 Å². The first-order valence-corrected chi connectivity index (χ1v) is 9.97. The van der Waals surface area contributed by atoms with Gasteiger partial charge in [-0.3, -0.25) is 4.98 Å². The van der Waals surface area contributed by atoms with E-state index in [0.29, 0.717) is 6.54 Å². The van der Waals surface area contributed by atoms with E-state index in [4.69, 9.17) is 4.74 Å². The van der Waals surface area contributed by atoms with E-state index in [1.807, 2.05) is 23.9 Å². The van der Waals surface area contributed by atoms with Crippen molar-refractivity contribution in [3.05, 3.63) is 66.1 Å². The Labute approximate surface area is 161 Å². The van der Waals surface area contributed by atoms with Gasteiger partial charge in [0, 0.05) is 34.3 Å². The summed E-state index contributed by atoms with van der Waals surface area (Å²) in [5, 5.41) is 1.71. The summed E-state index contributed by atoms with van der Waals surface area (Å²) >= 11 is 1.96. The van der Waals surface area contributed by atoms with Crippen LogP contribution in [0.3, 0.4) is 0 Å². The fourth-order valence-electron chi connectivity index (χ4n) is 3.47. The number of pyridine rings is 1. The van der Waals surface area contributed by atoms with Crippen molar-refractivity contribution >= 4 is 33.7 Å². The van der Waals surface area contributed by atoms with E-state index in [-0.39, 0.29) is 11.6 Å². The Hall–Kier alpha value is -2.53. The molecule has 0 unspecified atom stereocenters. The second kappa shape index (κ2) is 6.57. The molecule has 0 N–H and O–H groups in total. The molecule has 2 aromatic carbocycles. The maximum atomic E-state index is 14.4. The smallest absolute Gasteiger partial charge is 0.167 e. The molecule has 2 aromatic heterocycles. The lowest BCUT2D eigenvalue weighted by Crippen LogP contribution is -2.00. The molecule has 0 saturated heterocycles. The molecular formula is C22H19FN2OS. The maximum absolute atomic E-state index is 14.4. The maximum Gasteiger partial charge on any atom is 0.167 e. The molecule has 1 aliphatic rings. The quantitative estimate of drug-likeness (QED) is 0.450. The molecule has 0 bridgehead atoms. The Morgan fingerprint density at radius 2 is 1.96 bits per heavy atom. The molecule has 0 spiro atoms. The van der Waals surface area contributed by atoms with Crippen LogP contribution in [0.25, 0.3) is 21.9 Å². The molecule has 5 rings (SSSR count). The summed E-state index contributed by atoms with van der Waals surface area (Å²) in [7, 11) is 1.48. The van der Waals surface area contributed by atoms with Gasteiger partial charge in [0.1, 0.15) is 0 Å². The molecule has 1 saturated carbocycles. The Balaban J connectivity index is 1.59. The average molecular weight is 378 g/mol.